The highest BCUT2D eigenvalue weighted by Gasteiger charge is 2.15. The Hall–Kier alpha value is -3.12. The number of amides is 1. The zero-order valence-corrected chi connectivity index (χ0v) is 13.4. The molecular weight excluding hydrogens is 313 g/mol. The van der Waals surface area contributed by atoms with E-state index < -0.39 is 7.05 Å². The lowest BCUT2D eigenvalue weighted by molar-refractivity contribution is -0.115. The third kappa shape index (κ3) is 3.39. The average Bonchev–Trinajstić information content (AvgIpc) is 2.61. The highest BCUT2D eigenvalue weighted by Crippen LogP contribution is 2.23. The molecule has 0 aliphatic carbocycles. The lowest BCUT2D eigenvalue weighted by atomic mass is 9.79. The van der Waals surface area contributed by atoms with Crippen LogP contribution in [-0.4, -0.2) is 23.0 Å². The predicted molar refractivity (Wildman–Crippen MR) is 101 cm³/mol. The van der Waals surface area contributed by atoms with Crippen molar-refractivity contribution in [1.29, 1.82) is 0 Å². The molecule has 0 radical (unpaired) electrons. The van der Waals surface area contributed by atoms with Crippen LogP contribution in [0.4, 0.5) is 11.4 Å². The standard InChI is InChI=1S/C19H16BN3O2/c24-19(22-17-4-3-16-12-21-8-6-15(16)11-17)10-13-1-2-14-5-7-20(25)23-18(14)9-13/h1-9,11-12,23,25H,10H2,(H,22,24). The number of hydrogen-bond donors (Lipinski definition) is 3. The predicted octanol–water partition coefficient (Wildman–Crippen LogP) is 2.87. The number of aromatic nitrogens is 1. The maximum absolute atomic E-state index is 12.3. The number of anilines is 2. The molecule has 5 nitrogen and oxygen atoms in total. The second-order valence-corrected chi connectivity index (χ2v) is 6.03. The summed E-state index contributed by atoms with van der Waals surface area (Å²) in [6.07, 6.45) is 5.66. The number of hydrogen-bond acceptors (Lipinski definition) is 4. The normalized spacial score (nSPS) is 12.6. The van der Waals surface area contributed by atoms with E-state index in [0.29, 0.717) is 0 Å². The van der Waals surface area contributed by atoms with Gasteiger partial charge in [0.15, 0.2) is 0 Å². The maximum Gasteiger partial charge on any atom is 0.438 e. The molecule has 1 aliphatic rings. The zero-order chi connectivity index (χ0) is 17.2. The molecule has 6 heteroatoms. The quantitative estimate of drug-likeness (QED) is 0.646. The first kappa shape index (κ1) is 15.4. The summed E-state index contributed by atoms with van der Waals surface area (Å²) >= 11 is 0. The fourth-order valence-electron chi connectivity index (χ4n) is 2.94. The molecule has 0 fully saturated rings. The molecule has 3 N–H and O–H groups in total. The van der Waals surface area contributed by atoms with Crippen molar-refractivity contribution in [3.63, 3.8) is 0 Å². The molecule has 3 aromatic rings. The lowest BCUT2D eigenvalue weighted by Crippen LogP contribution is -2.25. The summed E-state index contributed by atoms with van der Waals surface area (Å²) in [5, 5.41) is 17.6. The van der Waals surface area contributed by atoms with Gasteiger partial charge in [-0.2, -0.15) is 0 Å². The number of carbonyl (C=O) groups excluding carboxylic acids is 1. The largest absolute Gasteiger partial charge is 0.438 e. The van der Waals surface area contributed by atoms with Gasteiger partial charge in [-0.25, -0.2) is 0 Å². The number of carbonyl (C=O) groups is 1. The topological polar surface area (TPSA) is 74.2 Å². The summed E-state index contributed by atoms with van der Waals surface area (Å²) in [7, 11) is -0.691. The first-order valence-corrected chi connectivity index (χ1v) is 8.07. The van der Waals surface area contributed by atoms with E-state index in [4.69, 9.17) is 0 Å². The molecule has 0 spiro atoms. The smallest absolute Gasteiger partial charge is 0.429 e. The Morgan fingerprint density at radius 2 is 2.08 bits per heavy atom. The molecule has 0 bridgehead atoms. The summed E-state index contributed by atoms with van der Waals surface area (Å²) in [5.74, 6) is 1.60. The van der Waals surface area contributed by atoms with Gasteiger partial charge < -0.3 is 15.6 Å². The highest BCUT2D eigenvalue weighted by molar-refractivity contribution is 6.61. The number of benzene rings is 2. The number of nitrogens with one attached hydrogen (secondary N) is 2. The molecule has 122 valence electrons. The summed E-state index contributed by atoms with van der Waals surface area (Å²) in [6, 6.07) is 13.4. The van der Waals surface area contributed by atoms with Crippen LogP contribution in [0, 0.1) is 0 Å². The summed E-state index contributed by atoms with van der Waals surface area (Å²) < 4.78 is 0. The van der Waals surface area contributed by atoms with E-state index in [1.807, 2.05) is 48.5 Å². The van der Waals surface area contributed by atoms with Crippen molar-refractivity contribution in [3.8, 4) is 0 Å². The summed E-state index contributed by atoms with van der Waals surface area (Å²) in [6.45, 7) is 0. The van der Waals surface area contributed by atoms with Gasteiger partial charge in [0.25, 0.3) is 0 Å². The average molecular weight is 329 g/mol. The minimum absolute atomic E-state index is 0.0831. The third-order valence-electron chi connectivity index (χ3n) is 4.17. The van der Waals surface area contributed by atoms with Crippen LogP contribution in [0.25, 0.3) is 16.8 Å². The van der Waals surface area contributed by atoms with Gasteiger partial charge in [0.05, 0.1) is 6.42 Å². The molecule has 4 rings (SSSR count). The van der Waals surface area contributed by atoms with Crippen LogP contribution in [-0.2, 0) is 11.2 Å². The van der Waals surface area contributed by atoms with Gasteiger partial charge in [0.2, 0.25) is 5.91 Å². The molecule has 0 saturated heterocycles. The molecule has 1 aliphatic heterocycles. The molecule has 0 atom stereocenters. The molecule has 25 heavy (non-hydrogen) atoms. The number of rotatable bonds is 3. The SMILES string of the molecule is O=C(Cc1ccc2c(c1)NB(O)C=C2)Nc1ccc2cnccc2c1. The molecule has 0 saturated carbocycles. The first-order chi connectivity index (χ1) is 12.2. The fraction of sp³-hybridized carbons (Fsp3) is 0.0526. The van der Waals surface area contributed by atoms with Crippen LogP contribution in [0.1, 0.15) is 11.1 Å². The van der Waals surface area contributed by atoms with Crippen molar-refractivity contribution in [3.05, 3.63) is 72.0 Å². The van der Waals surface area contributed by atoms with Crippen LogP contribution >= 0.6 is 0 Å². The van der Waals surface area contributed by atoms with Crippen molar-refractivity contribution < 1.29 is 9.82 Å². The fourth-order valence-corrected chi connectivity index (χ4v) is 2.94. The van der Waals surface area contributed by atoms with Gasteiger partial charge in [0.1, 0.15) is 0 Å². The monoisotopic (exact) mass is 329 g/mol. The van der Waals surface area contributed by atoms with Crippen LogP contribution < -0.4 is 10.5 Å². The molecule has 1 amide bonds. The van der Waals surface area contributed by atoms with E-state index in [1.165, 1.54) is 0 Å². The van der Waals surface area contributed by atoms with Crippen molar-refractivity contribution in [2.45, 2.75) is 6.42 Å². The maximum atomic E-state index is 12.3. The molecular formula is C19H16BN3O2. The van der Waals surface area contributed by atoms with Crippen LogP contribution in [0.3, 0.4) is 0 Å². The molecule has 1 aromatic heterocycles. The Morgan fingerprint density at radius 1 is 1.16 bits per heavy atom. The Labute approximate surface area is 145 Å². The second kappa shape index (κ2) is 6.41. The Morgan fingerprint density at radius 3 is 3.00 bits per heavy atom. The van der Waals surface area contributed by atoms with Gasteiger partial charge in [-0.05, 0) is 40.8 Å². The van der Waals surface area contributed by atoms with E-state index >= 15 is 0 Å². The first-order valence-electron chi connectivity index (χ1n) is 8.07. The number of pyridine rings is 1. The lowest BCUT2D eigenvalue weighted by Gasteiger charge is -2.16. The molecule has 2 heterocycles. The van der Waals surface area contributed by atoms with Crippen molar-refractivity contribution in [1.82, 2.24) is 4.98 Å². The summed E-state index contributed by atoms with van der Waals surface area (Å²) in [4.78, 5) is 16.4. The van der Waals surface area contributed by atoms with Gasteiger partial charge >= 0.3 is 7.05 Å². The van der Waals surface area contributed by atoms with Gasteiger partial charge in [-0.1, -0.05) is 30.3 Å². The van der Waals surface area contributed by atoms with Crippen LogP contribution in [0.15, 0.2) is 60.8 Å². The van der Waals surface area contributed by atoms with Crippen LogP contribution in [0.2, 0.25) is 0 Å². The molecule has 0 unspecified atom stereocenters. The summed E-state index contributed by atoms with van der Waals surface area (Å²) in [5.41, 5.74) is 3.48. The van der Waals surface area contributed by atoms with E-state index in [2.05, 4.69) is 15.5 Å². The van der Waals surface area contributed by atoms with E-state index in [1.54, 1.807) is 18.4 Å². The second-order valence-electron chi connectivity index (χ2n) is 6.03. The zero-order valence-electron chi connectivity index (χ0n) is 13.4. The van der Waals surface area contributed by atoms with E-state index in [9.17, 15) is 9.82 Å². The van der Waals surface area contributed by atoms with E-state index in [-0.39, 0.29) is 12.3 Å². The third-order valence-corrected chi connectivity index (χ3v) is 4.17. The number of fused-ring (bicyclic) bond motifs is 2. The minimum atomic E-state index is -0.691. The van der Waals surface area contributed by atoms with Gasteiger partial charge in [0, 0.05) is 29.2 Å². The van der Waals surface area contributed by atoms with Gasteiger partial charge in [-0.3, -0.25) is 9.78 Å². The highest BCUT2D eigenvalue weighted by atomic mass is 16.2. The molecule has 2 aromatic carbocycles. The van der Waals surface area contributed by atoms with Gasteiger partial charge in [-0.15, -0.1) is 0 Å². The Balaban J connectivity index is 1.48. The van der Waals surface area contributed by atoms with Crippen molar-refractivity contribution in [2.24, 2.45) is 0 Å². The Kier molecular flexibility index (Phi) is 3.95. The van der Waals surface area contributed by atoms with Crippen molar-refractivity contribution >= 4 is 41.2 Å². The Bertz CT molecular complexity index is 987. The number of nitrogens with zero attached hydrogens (tertiary/aromatic N) is 1. The van der Waals surface area contributed by atoms with Crippen LogP contribution in [0.5, 0.6) is 0 Å². The van der Waals surface area contributed by atoms with E-state index in [0.717, 1.165) is 33.3 Å². The van der Waals surface area contributed by atoms with Crippen molar-refractivity contribution in [2.75, 3.05) is 10.5 Å². The minimum Gasteiger partial charge on any atom is -0.429 e.